The number of hydrogen-bond donors (Lipinski definition) is 2. The summed E-state index contributed by atoms with van der Waals surface area (Å²) in [7, 11) is 0. The fourth-order valence-electron chi connectivity index (χ4n) is 5.85. The maximum absolute atomic E-state index is 13.8. The number of hydrogen-bond acceptors (Lipinski definition) is 6. The van der Waals surface area contributed by atoms with Crippen LogP contribution in [0.1, 0.15) is 53.0 Å². The van der Waals surface area contributed by atoms with Crippen molar-refractivity contribution in [2.75, 3.05) is 44.2 Å². The number of benzene rings is 2. The Morgan fingerprint density at radius 3 is 2.64 bits per heavy atom. The molecule has 0 aliphatic carbocycles. The van der Waals surface area contributed by atoms with E-state index in [1.807, 2.05) is 44.2 Å². The van der Waals surface area contributed by atoms with E-state index in [-0.39, 0.29) is 36.1 Å². The van der Waals surface area contributed by atoms with Gasteiger partial charge in [-0.05, 0) is 74.3 Å². The van der Waals surface area contributed by atoms with E-state index in [1.165, 1.54) is 11.0 Å². The minimum Gasteiger partial charge on any atom is -0.478 e. The van der Waals surface area contributed by atoms with E-state index >= 15 is 0 Å². The van der Waals surface area contributed by atoms with E-state index in [9.17, 15) is 22.8 Å². The van der Waals surface area contributed by atoms with E-state index in [4.69, 9.17) is 16.3 Å². The van der Waals surface area contributed by atoms with Gasteiger partial charge in [-0.3, -0.25) is 9.59 Å². The molecular weight excluding hydrogens is 595 g/mol. The second-order valence-electron chi connectivity index (χ2n) is 10.9. The summed E-state index contributed by atoms with van der Waals surface area (Å²) >= 11 is 5.84. The molecule has 1 aromatic heterocycles. The van der Waals surface area contributed by atoms with Crippen LogP contribution in [0.4, 0.5) is 18.9 Å². The molecule has 12 heteroatoms. The highest BCUT2D eigenvalue weighted by Crippen LogP contribution is 2.36. The van der Waals surface area contributed by atoms with Gasteiger partial charge in [0, 0.05) is 60.7 Å². The lowest BCUT2D eigenvalue weighted by Crippen LogP contribution is -2.55. The van der Waals surface area contributed by atoms with E-state index in [0.29, 0.717) is 43.2 Å². The summed E-state index contributed by atoms with van der Waals surface area (Å²) in [5, 5.41) is 6.31. The second-order valence-corrected chi connectivity index (χ2v) is 11.3. The molecule has 0 radical (unpaired) electrons. The SMILES string of the molecule is CCOc1ncccc1-c1ccc(N2CCN(C(=O)c3ccc(Cl)cc3C(F)(F)F)C[C@H]2CC)c(C(=O)N[C@@H]2CCNC2)c1. The van der Waals surface area contributed by atoms with Gasteiger partial charge in [0.2, 0.25) is 5.88 Å². The number of carbonyl (C=O) groups excluding carboxylic acids is 2. The number of ether oxygens (including phenoxy) is 1. The first-order chi connectivity index (χ1) is 21.1. The van der Waals surface area contributed by atoms with E-state index in [0.717, 1.165) is 36.2 Å². The molecule has 0 spiro atoms. The van der Waals surface area contributed by atoms with Crippen LogP contribution in [0.25, 0.3) is 11.1 Å². The minimum absolute atomic E-state index is 0.00460. The van der Waals surface area contributed by atoms with Crippen molar-refractivity contribution in [2.45, 2.75) is 44.9 Å². The number of pyridine rings is 1. The summed E-state index contributed by atoms with van der Waals surface area (Å²) in [4.78, 5) is 35.1. The molecule has 2 aliphatic heterocycles. The molecule has 3 aromatic rings. The minimum atomic E-state index is -4.73. The number of nitrogens with zero attached hydrogens (tertiary/aromatic N) is 3. The molecule has 2 aliphatic rings. The molecule has 0 saturated carbocycles. The van der Waals surface area contributed by atoms with Crippen LogP contribution in [0.2, 0.25) is 5.02 Å². The summed E-state index contributed by atoms with van der Waals surface area (Å²) < 4.78 is 47.1. The summed E-state index contributed by atoms with van der Waals surface area (Å²) in [6.45, 7) is 6.49. The maximum atomic E-state index is 13.8. The Bertz CT molecular complexity index is 1510. The van der Waals surface area contributed by atoms with Crippen LogP contribution in [0.3, 0.4) is 0 Å². The first-order valence-corrected chi connectivity index (χ1v) is 15.1. The van der Waals surface area contributed by atoms with E-state index < -0.39 is 23.2 Å². The Labute approximate surface area is 259 Å². The molecule has 0 unspecified atom stereocenters. The molecule has 3 heterocycles. The number of piperazine rings is 1. The lowest BCUT2D eigenvalue weighted by Gasteiger charge is -2.43. The monoisotopic (exact) mass is 629 g/mol. The average Bonchev–Trinajstić information content (AvgIpc) is 3.53. The van der Waals surface area contributed by atoms with Gasteiger partial charge in [0.25, 0.3) is 11.8 Å². The van der Waals surface area contributed by atoms with Crippen LogP contribution >= 0.6 is 11.6 Å². The fourth-order valence-corrected chi connectivity index (χ4v) is 6.03. The number of carbonyl (C=O) groups is 2. The lowest BCUT2D eigenvalue weighted by atomic mass is 9.98. The molecule has 2 saturated heterocycles. The topological polar surface area (TPSA) is 86.8 Å². The Morgan fingerprint density at radius 2 is 1.93 bits per heavy atom. The average molecular weight is 630 g/mol. The quantitative estimate of drug-likeness (QED) is 0.335. The Morgan fingerprint density at radius 1 is 1.11 bits per heavy atom. The molecule has 8 nitrogen and oxygen atoms in total. The zero-order valence-corrected chi connectivity index (χ0v) is 25.3. The van der Waals surface area contributed by atoms with Gasteiger partial charge in [-0.1, -0.05) is 24.6 Å². The second kappa shape index (κ2) is 13.4. The normalized spacial score (nSPS) is 18.8. The van der Waals surface area contributed by atoms with Gasteiger partial charge in [-0.25, -0.2) is 4.98 Å². The van der Waals surface area contributed by atoms with Crippen molar-refractivity contribution in [2.24, 2.45) is 0 Å². The number of nitrogens with one attached hydrogen (secondary N) is 2. The smallest absolute Gasteiger partial charge is 0.417 e. The zero-order chi connectivity index (χ0) is 31.4. The Kier molecular flexibility index (Phi) is 9.65. The highest BCUT2D eigenvalue weighted by atomic mass is 35.5. The van der Waals surface area contributed by atoms with Crippen LogP contribution in [-0.2, 0) is 6.18 Å². The van der Waals surface area contributed by atoms with Gasteiger partial charge in [-0.15, -0.1) is 0 Å². The van der Waals surface area contributed by atoms with Gasteiger partial charge >= 0.3 is 6.18 Å². The summed E-state index contributed by atoms with van der Waals surface area (Å²) in [5.41, 5.74) is 1.20. The summed E-state index contributed by atoms with van der Waals surface area (Å²) in [6.07, 6.45) is -1.65. The standard InChI is InChI=1S/C32H35ClF3N5O3/c1-3-23-19-40(31(43)25-9-8-21(33)17-27(25)32(34,35)36)14-15-41(23)28-10-7-20(24-6-5-12-38-30(24)44-4-2)16-26(28)29(42)39-22-11-13-37-18-22/h5-10,12,16-17,22-23,37H,3-4,11,13-15,18-19H2,1-2H3,(H,39,42)/t22-,23-/m1/s1. The first-order valence-electron chi connectivity index (χ1n) is 14.8. The van der Waals surface area contributed by atoms with E-state index in [2.05, 4.69) is 20.5 Å². The molecule has 2 aromatic carbocycles. The number of rotatable bonds is 8. The van der Waals surface area contributed by atoms with Crippen LogP contribution < -0.4 is 20.3 Å². The third-order valence-electron chi connectivity index (χ3n) is 8.07. The van der Waals surface area contributed by atoms with Gasteiger partial charge in [0.05, 0.1) is 23.3 Å². The van der Waals surface area contributed by atoms with Crippen molar-refractivity contribution in [3.8, 4) is 17.0 Å². The predicted octanol–water partition coefficient (Wildman–Crippen LogP) is 5.65. The van der Waals surface area contributed by atoms with Crippen molar-refractivity contribution < 1.29 is 27.5 Å². The number of alkyl halides is 3. The predicted molar refractivity (Wildman–Crippen MR) is 163 cm³/mol. The first kappa shape index (κ1) is 31.6. The molecule has 0 bridgehead atoms. The molecule has 2 amide bonds. The number of anilines is 1. The fraction of sp³-hybridized carbons (Fsp3) is 0.406. The molecule has 2 atom stereocenters. The van der Waals surface area contributed by atoms with Gasteiger partial charge < -0.3 is 25.2 Å². The third kappa shape index (κ3) is 6.78. The van der Waals surface area contributed by atoms with Crippen molar-refractivity contribution in [3.05, 3.63) is 76.4 Å². The van der Waals surface area contributed by atoms with E-state index in [1.54, 1.807) is 6.20 Å². The number of amides is 2. The van der Waals surface area contributed by atoms with Crippen LogP contribution in [0.15, 0.2) is 54.7 Å². The van der Waals surface area contributed by atoms with Gasteiger partial charge in [0.15, 0.2) is 0 Å². The highest BCUT2D eigenvalue weighted by Gasteiger charge is 2.38. The summed E-state index contributed by atoms with van der Waals surface area (Å²) in [5.74, 6) is -0.455. The lowest BCUT2D eigenvalue weighted by molar-refractivity contribution is -0.138. The van der Waals surface area contributed by atoms with Crippen molar-refractivity contribution in [3.63, 3.8) is 0 Å². The molecule has 234 valence electrons. The molecular formula is C32H35ClF3N5O3. The number of aromatic nitrogens is 1. The highest BCUT2D eigenvalue weighted by molar-refractivity contribution is 6.30. The Hall–Kier alpha value is -3.83. The van der Waals surface area contributed by atoms with Gasteiger partial charge in [0.1, 0.15) is 0 Å². The molecule has 5 rings (SSSR count). The van der Waals surface area contributed by atoms with Gasteiger partial charge in [-0.2, -0.15) is 13.2 Å². The van der Waals surface area contributed by atoms with Crippen LogP contribution in [0, 0.1) is 0 Å². The van der Waals surface area contributed by atoms with Crippen LogP contribution in [0.5, 0.6) is 5.88 Å². The van der Waals surface area contributed by atoms with Crippen LogP contribution in [-0.4, -0.2) is 73.1 Å². The zero-order valence-electron chi connectivity index (χ0n) is 24.6. The number of halogens is 4. The molecule has 2 N–H and O–H groups in total. The van der Waals surface area contributed by atoms with Crippen molar-refractivity contribution in [1.82, 2.24) is 20.5 Å². The Balaban J connectivity index is 1.46. The summed E-state index contributed by atoms with van der Waals surface area (Å²) in [6, 6.07) is 12.3. The largest absolute Gasteiger partial charge is 0.478 e. The molecule has 2 fully saturated rings. The van der Waals surface area contributed by atoms with Crippen molar-refractivity contribution in [1.29, 1.82) is 0 Å². The molecule has 44 heavy (non-hydrogen) atoms. The third-order valence-corrected chi connectivity index (χ3v) is 8.30. The van der Waals surface area contributed by atoms with Crippen molar-refractivity contribution >= 4 is 29.1 Å². The maximum Gasteiger partial charge on any atom is 0.417 e.